The second-order valence-corrected chi connectivity index (χ2v) is 5.56. The first kappa shape index (κ1) is 14.6. The first-order valence-corrected chi connectivity index (χ1v) is 7.21. The van der Waals surface area contributed by atoms with Crippen LogP contribution in [0.2, 0.25) is 0 Å². The molecule has 1 unspecified atom stereocenters. The average Bonchev–Trinajstić information content (AvgIpc) is 2.62. The van der Waals surface area contributed by atoms with E-state index in [-0.39, 0.29) is 0 Å². The van der Waals surface area contributed by atoms with Crippen LogP contribution in [-0.4, -0.2) is 24.7 Å². The molecular formula is C13H24N2OS. The van der Waals surface area contributed by atoms with Gasteiger partial charge in [-0.15, -0.1) is 11.3 Å². The first-order chi connectivity index (χ1) is 8.15. The summed E-state index contributed by atoms with van der Waals surface area (Å²) in [6.45, 7) is 11.1. The molecule has 1 aromatic rings. The molecule has 0 aliphatic rings. The van der Waals surface area contributed by atoms with E-state index in [9.17, 15) is 0 Å². The lowest BCUT2D eigenvalue weighted by atomic mass is 10.2. The molecule has 0 amide bonds. The second-order valence-electron chi connectivity index (χ2n) is 4.32. The molecule has 4 heteroatoms. The summed E-state index contributed by atoms with van der Waals surface area (Å²) >= 11 is 1.78. The molecule has 0 bridgehead atoms. The van der Waals surface area contributed by atoms with Crippen LogP contribution in [0.3, 0.4) is 0 Å². The molecule has 0 saturated carbocycles. The molecular weight excluding hydrogens is 232 g/mol. The molecule has 1 N–H and O–H groups in total. The van der Waals surface area contributed by atoms with Crippen molar-refractivity contribution < 1.29 is 4.74 Å². The van der Waals surface area contributed by atoms with Gasteiger partial charge in [0.15, 0.2) is 0 Å². The van der Waals surface area contributed by atoms with Crippen molar-refractivity contribution in [1.82, 2.24) is 10.3 Å². The van der Waals surface area contributed by atoms with Crippen LogP contribution in [0.4, 0.5) is 0 Å². The summed E-state index contributed by atoms with van der Waals surface area (Å²) in [4.78, 5) is 5.79. The second kappa shape index (κ2) is 7.80. The van der Waals surface area contributed by atoms with E-state index in [0.717, 1.165) is 36.9 Å². The largest absolute Gasteiger partial charge is 0.380 e. The number of nitrogens with zero attached hydrogens (tertiary/aromatic N) is 1. The quantitative estimate of drug-likeness (QED) is 0.725. The highest BCUT2D eigenvalue weighted by Gasteiger charge is 2.11. The predicted octanol–water partition coefficient (Wildman–Crippen LogP) is 3.23. The topological polar surface area (TPSA) is 34.1 Å². The monoisotopic (exact) mass is 256 g/mol. The summed E-state index contributed by atoms with van der Waals surface area (Å²) in [5.41, 5.74) is 1.15. The Labute approximate surface area is 109 Å². The molecule has 0 radical (unpaired) electrons. The van der Waals surface area contributed by atoms with E-state index in [1.54, 1.807) is 11.3 Å². The Kier molecular flexibility index (Phi) is 6.70. The van der Waals surface area contributed by atoms with Gasteiger partial charge in [-0.05, 0) is 27.2 Å². The normalized spacial score (nSPS) is 12.9. The fourth-order valence-corrected chi connectivity index (χ4v) is 2.69. The number of aromatic nitrogens is 1. The highest BCUT2D eigenvalue weighted by molar-refractivity contribution is 7.11. The summed E-state index contributed by atoms with van der Waals surface area (Å²) in [5, 5.41) is 4.62. The highest BCUT2D eigenvalue weighted by atomic mass is 32.1. The van der Waals surface area contributed by atoms with Gasteiger partial charge in [-0.25, -0.2) is 4.98 Å². The number of nitrogens with one attached hydrogen (secondary N) is 1. The molecule has 0 fully saturated rings. The zero-order chi connectivity index (χ0) is 12.7. The van der Waals surface area contributed by atoms with Crippen molar-refractivity contribution in [2.75, 3.05) is 19.8 Å². The minimum atomic E-state index is 0.371. The maximum absolute atomic E-state index is 5.52. The van der Waals surface area contributed by atoms with Gasteiger partial charge in [0.1, 0.15) is 0 Å². The molecule has 3 nitrogen and oxygen atoms in total. The van der Waals surface area contributed by atoms with E-state index in [0.29, 0.717) is 6.04 Å². The number of hydrogen-bond acceptors (Lipinski definition) is 4. The molecule has 17 heavy (non-hydrogen) atoms. The Morgan fingerprint density at radius 1 is 1.35 bits per heavy atom. The zero-order valence-electron chi connectivity index (χ0n) is 11.4. The van der Waals surface area contributed by atoms with Crippen molar-refractivity contribution in [3.05, 3.63) is 15.6 Å². The molecule has 1 atom stereocenters. The Morgan fingerprint density at radius 3 is 2.71 bits per heavy atom. The predicted molar refractivity (Wildman–Crippen MR) is 73.7 cm³/mol. The number of hydrogen-bond donors (Lipinski definition) is 1. The van der Waals surface area contributed by atoms with Crippen LogP contribution < -0.4 is 5.32 Å². The summed E-state index contributed by atoms with van der Waals surface area (Å²) in [6, 6.07) is 0.371. The van der Waals surface area contributed by atoms with Crippen LogP contribution in [0.5, 0.6) is 0 Å². The highest BCUT2D eigenvalue weighted by Crippen LogP contribution is 2.23. The van der Waals surface area contributed by atoms with E-state index < -0.39 is 0 Å². The Balaban J connectivity index is 2.21. The maximum Gasteiger partial charge on any atom is 0.0900 e. The summed E-state index contributed by atoms with van der Waals surface area (Å²) in [7, 11) is 0. The van der Waals surface area contributed by atoms with E-state index in [1.807, 2.05) is 0 Å². The fourth-order valence-electron chi connectivity index (χ4n) is 1.74. The van der Waals surface area contributed by atoms with E-state index in [2.05, 4.69) is 38.0 Å². The molecule has 0 spiro atoms. The van der Waals surface area contributed by atoms with Crippen molar-refractivity contribution in [2.24, 2.45) is 0 Å². The van der Waals surface area contributed by atoms with Crippen LogP contribution in [0, 0.1) is 13.8 Å². The Hall–Kier alpha value is -0.450. The molecule has 1 rings (SSSR count). The van der Waals surface area contributed by atoms with Crippen LogP contribution in [-0.2, 0) is 4.74 Å². The van der Waals surface area contributed by atoms with Gasteiger partial charge in [0.2, 0.25) is 0 Å². The molecule has 0 aliphatic heterocycles. The van der Waals surface area contributed by atoms with Crippen molar-refractivity contribution >= 4 is 11.3 Å². The van der Waals surface area contributed by atoms with Gasteiger partial charge in [0, 0.05) is 24.1 Å². The van der Waals surface area contributed by atoms with Crippen molar-refractivity contribution in [3.8, 4) is 0 Å². The van der Waals surface area contributed by atoms with Crippen molar-refractivity contribution in [1.29, 1.82) is 0 Å². The minimum absolute atomic E-state index is 0.371. The van der Waals surface area contributed by atoms with Gasteiger partial charge in [0.25, 0.3) is 0 Å². The number of unbranched alkanes of at least 4 members (excludes halogenated alkanes) is 1. The number of rotatable bonds is 8. The van der Waals surface area contributed by atoms with Crippen LogP contribution in [0.15, 0.2) is 0 Å². The lowest BCUT2D eigenvalue weighted by Gasteiger charge is -2.12. The summed E-state index contributed by atoms with van der Waals surface area (Å²) < 4.78 is 5.52. The van der Waals surface area contributed by atoms with Gasteiger partial charge < -0.3 is 10.1 Å². The lowest BCUT2D eigenvalue weighted by Crippen LogP contribution is -2.23. The maximum atomic E-state index is 5.52. The van der Waals surface area contributed by atoms with Gasteiger partial charge >= 0.3 is 0 Å². The van der Waals surface area contributed by atoms with Gasteiger partial charge in [-0.3, -0.25) is 0 Å². The zero-order valence-corrected chi connectivity index (χ0v) is 12.2. The van der Waals surface area contributed by atoms with E-state index >= 15 is 0 Å². The van der Waals surface area contributed by atoms with Crippen LogP contribution >= 0.6 is 11.3 Å². The first-order valence-electron chi connectivity index (χ1n) is 6.40. The smallest absolute Gasteiger partial charge is 0.0900 e. The molecule has 0 aliphatic carbocycles. The standard InChI is InChI=1S/C13H24N2OS/c1-5-6-8-16-9-7-14-10(2)13-11(3)15-12(4)17-13/h10,14H,5-9H2,1-4H3. The Bertz CT molecular complexity index is 325. The number of ether oxygens (including phenoxy) is 1. The third-order valence-corrected chi connectivity index (χ3v) is 3.93. The summed E-state index contributed by atoms with van der Waals surface area (Å²) in [6.07, 6.45) is 2.35. The number of thiazole rings is 1. The van der Waals surface area contributed by atoms with Crippen LogP contribution in [0.25, 0.3) is 0 Å². The van der Waals surface area contributed by atoms with Crippen molar-refractivity contribution in [3.63, 3.8) is 0 Å². The van der Waals surface area contributed by atoms with Crippen LogP contribution in [0.1, 0.15) is 48.3 Å². The van der Waals surface area contributed by atoms with E-state index in [4.69, 9.17) is 4.74 Å². The van der Waals surface area contributed by atoms with E-state index in [1.165, 1.54) is 11.3 Å². The third kappa shape index (κ3) is 5.15. The van der Waals surface area contributed by atoms with Crippen molar-refractivity contribution in [2.45, 2.75) is 46.6 Å². The SMILES string of the molecule is CCCCOCCNC(C)c1sc(C)nc1C. The van der Waals surface area contributed by atoms with Gasteiger partial charge in [-0.2, -0.15) is 0 Å². The van der Waals surface area contributed by atoms with Gasteiger partial charge in [0.05, 0.1) is 17.3 Å². The molecule has 98 valence electrons. The minimum Gasteiger partial charge on any atom is -0.380 e. The lowest BCUT2D eigenvalue weighted by molar-refractivity contribution is 0.131. The number of aryl methyl sites for hydroxylation is 2. The molecule has 0 saturated heterocycles. The average molecular weight is 256 g/mol. The fraction of sp³-hybridized carbons (Fsp3) is 0.769. The summed E-state index contributed by atoms with van der Waals surface area (Å²) in [5.74, 6) is 0. The molecule has 1 heterocycles. The third-order valence-electron chi connectivity index (χ3n) is 2.67. The Morgan fingerprint density at radius 2 is 2.12 bits per heavy atom. The molecule has 0 aromatic carbocycles. The van der Waals surface area contributed by atoms with Gasteiger partial charge in [-0.1, -0.05) is 13.3 Å². The molecule has 1 aromatic heterocycles.